The molecule has 2 nitrogen and oxygen atoms in total. The molecule has 0 N–H and O–H groups in total. The van der Waals surface area contributed by atoms with E-state index in [4.69, 9.17) is 11.6 Å². The Labute approximate surface area is 94.8 Å². The van der Waals surface area contributed by atoms with Crippen molar-refractivity contribution < 1.29 is 4.79 Å². The summed E-state index contributed by atoms with van der Waals surface area (Å²) in [4.78, 5) is 14.0. The molecule has 1 heterocycles. The summed E-state index contributed by atoms with van der Waals surface area (Å²) in [6, 6.07) is 7.51. The number of nitrogens with zero attached hydrogens (tertiary/aromatic N) is 1. The van der Waals surface area contributed by atoms with Gasteiger partial charge >= 0.3 is 0 Å². The van der Waals surface area contributed by atoms with Crippen LogP contribution in [0.4, 0.5) is 0 Å². The van der Waals surface area contributed by atoms with E-state index in [0.29, 0.717) is 16.6 Å². The lowest BCUT2D eigenvalue weighted by atomic mass is 10.2. The van der Waals surface area contributed by atoms with Crippen LogP contribution in [0.5, 0.6) is 0 Å². The summed E-state index contributed by atoms with van der Waals surface area (Å²) in [6.45, 7) is 2.96. The minimum atomic E-state index is 0.0995. The minimum absolute atomic E-state index is 0.0995. The Morgan fingerprint density at radius 3 is 2.93 bits per heavy atom. The molecule has 1 fully saturated rings. The first kappa shape index (κ1) is 10.5. The second kappa shape index (κ2) is 4.23. The van der Waals surface area contributed by atoms with E-state index in [1.54, 1.807) is 12.1 Å². The van der Waals surface area contributed by atoms with Crippen molar-refractivity contribution >= 4 is 17.5 Å². The Kier molecular flexibility index (Phi) is 2.96. The maximum Gasteiger partial charge on any atom is 0.254 e. The molecular weight excluding hydrogens is 210 g/mol. The van der Waals surface area contributed by atoms with Crippen molar-refractivity contribution in [2.75, 3.05) is 6.54 Å². The number of likely N-dealkylation sites (tertiary alicyclic amines) is 1. The highest BCUT2D eigenvalue weighted by molar-refractivity contribution is 6.30. The molecule has 0 radical (unpaired) electrons. The number of hydrogen-bond acceptors (Lipinski definition) is 1. The van der Waals surface area contributed by atoms with E-state index >= 15 is 0 Å². The van der Waals surface area contributed by atoms with Crippen LogP contribution < -0.4 is 0 Å². The van der Waals surface area contributed by atoms with Crippen LogP contribution in [-0.2, 0) is 0 Å². The van der Waals surface area contributed by atoms with Gasteiger partial charge in [0.1, 0.15) is 0 Å². The van der Waals surface area contributed by atoms with Gasteiger partial charge in [-0.1, -0.05) is 17.7 Å². The zero-order valence-electron chi connectivity index (χ0n) is 8.74. The molecule has 0 bridgehead atoms. The van der Waals surface area contributed by atoms with Gasteiger partial charge in [-0.25, -0.2) is 0 Å². The summed E-state index contributed by atoms with van der Waals surface area (Å²) < 4.78 is 0. The van der Waals surface area contributed by atoms with Gasteiger partial charge in [-0.05, 0) is 38.0 Å². The summed E-state index contributed by atoms with van der Waals surface area (Å²) in [6.07, 6.45) is 2.21. The van der Waals surface area contributed by atoms with E-state index in [-0.39, 0.29) is 5.91 Å². The van der Waals surface area contributed by atoms with Gasteiger partial charge < -0.3 is 4.90 Å². The van der Waals surface area contributed by atoms with Gasteiger partial charge in [0.25, 0.3) is 5.91 Å². The molecule has 80 valence electrons. The van der Waals surface area contributed by atoms with Crippen LogP contribution >= 0.6 is 11.6 Å². The Morgan fingerprint density at radius 2 is 2.33 bits per heavy atom. The fraction of sp³-hybridized carbons (Fsp3) is 0.417. The number of rotatable bonds is 1. The lowest BCUT2D eigenvalue weighted by Gasteiger charge is -2.21. The number of carbonyl (C=O) groups excluding carboxylic acids is 1. The number of halogens is 1. The molecule has 0 saturated carbocycles. The first-order chi connectivity index (χ1) is 7.18. The first-order valence-electron chi connectivity index (χ1n) is 5.25. The zero-order chi connectivity index (χ0) is 10.8. The Morgan fingerprint density at radius 1 is 1.53 bits per heavy atom. The van der Waals surface area contributed by atoms with Crippen LogP contribution in [0.1, 0.15) is 30.1 Å². The van der Waals surface area contributed by atoms with Gasteiger partial charge in [0.05, 0.1) is 0 Å². The molecule has 0 aromatic heterocycles. The smallest absolute Gasteiger partial charge is 0.254 e. The third kappa shape index (κ3) is 2.15. The molecule has 1 saturated heterocycles. The quantitative estimate of drug-likeness (QED) is 0.717. The van der Waals surface area contributed by atoms with Gasteiger partial charge in [-0.3, -0.25) is 4.79 Å². The third-order valence-electron chi connectivity index (χ3n) is 2.89. The van der Waals surface area contributed by atoms with E-state index in [1.807, 2.05) is 17.0 Å². The van der Waals surface area contributed by atoms with E-state index in [2.05, 4.69) is 6.92 Å². The van der Waals surface area contributed by atoms with Crippen LogP contribution in [-0.4, -0.2) is 23.4 Å². The van der Waals surface area contributed by atoms with Gasteiger partial charge in [0, 0.05) is 23.2 Å². The van der Waals surface area contributed by atoms with Crippen LogP contribution in [0.2, 0.25) is 5.02 Å². The zero-order valence-corrected chi connectivity index (χ0v) is 9.50. The van der Waals surface area contributed by atoms with E-state index < -0.39 is 0 Å². The average Bonchev–Trinajstić information content (AvgIpc) is 2.63. The topological polar surface area (TPSA) is 20.3 Å². The predicted octanol–water partition coefficient (Wildman–Crippen LogP) is 2.96. The molecule has 15 heavy (non-hydrogen) atoms. The largest absolute Gasteiger partial charge is 0.336 e. The second-order valence-corrected chi connectivity index (χ2v) is 4.44. The number of benzene rings is 1. The lowest BCUT2D eigenvalue weighted by molar-refractivity contribution is 0.0747. The molecular formula is C12H14ClNO. The van der Waals surface area contributed by atoms with Gasteiger partial charge in [-0.15, -0.1) is 0 Å². The van der Waals surface area contributed by atoms with Crippen LogP contribution in [0, 0.1) is 0 Å². The van der Waals surface area contributed by atoms with Crippen molar-refractivity contribution in [3.05, 3.63) is 34.9 Å². The second-order valence-electron chi connectivity index (χ2n) is 4.00. The minimum Gasteiger partial charge on any atom is -0.336 e. The normalized spacial score (nSPS) is 20.7. The molecule has 1 amide bonds. The first-order valence-corrected chi connectivity index (χ1v) is 5.63. The summed E-state index contributed by atoms with van der Waals surface area (Å²) in [5.41, 5.74) is 0.691. The molecule has 1 aliphatic rings. The van der Waals surface area contributed by atoms with Gasteiger partial charge in [-0.2, -0.15) is 0 Å². The molecule has 1 aliphatic heterocycles. The summed E-state index contributed by atoms with van der Waals surface area (Å²) in [5, 5.41) is 0.618. The van der Waals surface area contributed by atoms with Crippen molar-refractivity contribution in [2.45, 2.75) is 25.8 Å². The maximum absolute atomic E-state index is 12.1. The van der Waals surface area contributed by atoms with E-state index in [1.165, 1.54) is 0 Å². The third-order valence-corrected chi connectivity index (χ3v) is 3.12. The predicted molar refractivity (Wildman–Crippen MR) is 61.2 cm³/mol. The SMILES string of the molecule is CC1CCCN1C(=O)c1cccc(Cl)c1. The van der Waals surface area contributed by atoms with E-state index in [0.717, 1.165) is 19.4 Å². The lowest BCUT2D eigenvalue weighted by Crippen LogP contribution is -2.33. The van der Waals surface area contributed by atoms with Crippen molar-refractivity contribution in [2.24, 2.45) is 0 Å². The summed E-state index contributed by atoms with van der Waals surface area (Å²) >= 11 is 5.86. The summed E-state index contributed by atoms with van der Waals surface area (Å²) in [5.74, 6) is 0.0995. The van der Waals surface area contributed by atoms with Crippen molar-refractivity contribution in [3.8, 4) is 0 Å². The van der Waals surface area contributed by atoms with Crippen LogP contribution in [0.25, 0.3) is 0 Å². The number of hydrogen-bond donors (Lipinski definition) is 0. The Bertz CT molecular complexity index is 378. The molecule has 1 atom stereocenters. The van der Waals surface area contributed by atoms with Crippen LogP contribution in [0.15, 0.2) is 24.3 Å². The highest BCUT2D eigenvalue weighted by Crippen LogP contribution is 2.20. The molecule has 1 aromatic carbocycles. The molecule has 0 spiro atoms. The van der Waals surface area contributed by atoms with Crippen molar-refractivity contribution in [1.29, 1.82) is 0 Å². The standard InChI is InChI=1S/C12H14ClNO/c1-9-4-3-7-14(9)12(15)10-5-2-6-11(13)8-10/h2,5-6,8-9H,3-4,7H2,1H3. The fourth-order valence-electron chi connectivity index (χ4n) is 2.02. The van der Waals surface area contributed by atoms with E-state index in [9.17, 15) is 4.79 Å². The van der Waals surface area contributed by atoms with Crippen molar-refractivity contribution in [3.63, 3.8) is 0 Å². The maximum atomic E-state index is 12.1. The van der Waals surface area contributed by atoms with Gasteiger partial charge in [0.2, 0.25) is 0 Å². The molecule has 2 rings (SSSR count). The fourth-order valence-corrected chi connectivity index (χ4v) is 2.21. The Balaban J connectivity index is 2.20. The van der Waals surface area contributed by atoms with Crippen molar-refractivity contribution in [1.82, 2.24) is 4.90 Å². The highest BCUT2D eigenvalue weighted by Gasteiger charge is 2.25. The summed E-state index contributed by atoms with van der Waals surface area (Å²) in [7, 11) is 0. The molecule has 1 aromatic rings. The van der Waals surface area contributed by atoms with Crippen LogP contribution in [0.3, 0.4) is 0 Å². The number of carbonyl (C=O) groups is 1. The molecule has 0 aliphatic carbocycles. The average molecular weight is 224 g/mol. The number of amides is 1. The van der Waals surface area contributed by atoms with Gasteiger partial charge in [0.15, 0.2) is 0 Å². The molecule has 3 heteroatoms. The highest BCUT2D eigenvalue weighted by atomic mass is 35.5. The monoisotopic (exact) mass is 223 g/mol. The molecule has 1 unspecified atom stereocenters. The Hall–Kier alpha value is -1.02.